The van der Waals surface area contributed by atoms with Crippen molar-refractivity contribution in [1.29, 1.82) is 0 Å². The van der Waals surface area contributed by atoms with E-state index in [2.05, 4.69) is 17.3 Å². The van der Waals surface area contributed by atoms with E-state index >= 15 is 0 Å². The standard InChI is InChI=1S/C12H20ClN3O/c1-3-14-6-10-4-5-11(17-10)8-16-9(2)12(13)7-15-16/h7,10-11,14H,3-6,8H2,1-2H3. The molecule has 5 heteroatoms. The first-order valence-electron chi connectivity index (χ1n) is 6.24. The van der Waals surface area contributed by atoms with E-state index in [1.54, 1.807) is 6.20 Å². The summed E-state index contributed by atoms with van der Waals surface area (Å²) >= 11 is 5.98. The summed E-state index contributed by atoms with van der Waals surface area (Å²) < 4.78 is 7.90. The first-order valence-corrected chi connectivity index (χ1v) is 6.62. The summed E-state index contributed by atoms with van der Waals surface area (Å²) in [5, 5.41) is 8.31. The van der Waals surface area contributed by atoms with Crippen molar-refractivity contribution in [3.05, 3.63) is 16.9 Å². The van der Waals surface area contributed by atoms with Crippen molar-refractivity contribution in [2.45, 2.75) is 45.4 Å². The zero-order valence-corrected chi connectivity index (χ0v) is 11.2. The van der Waals surface area contributed by atoms with E-state index in [1.807, 2.05) is 11.6 Å². The number of likely N-dealkylation sites (N-methyl/N-ethyl adjacent to an activating group) is 1. The molecule has 2 atom stereocenters. The highest BCUT2D eigenvalue weighted by Gasteiger charge is 2.25. The van der Waals surface area contributed by atoms with Crippen molar-refractivity contribution in [2.75, 3.05) is 13.1 Å². The van der Waals surface area contributed by atoms with Gasteiger partial charge in [-0.2, -0.15) is 5.10 Å². The molecule has 0 radical (unpaired) electrons. The van der Waals surface area contributed by atoms with Gasteiger partial charge in [0.15, 0.2) is 0 Å². The van der Waals surface area contributed by atoms with Crippen LogP contribution < -0.4 is 5.32 Å². The quantitative estimate of drug-likeness (QED) is 0.877. The van der Waals surface area contributed by atoms with E-state index in [0.717, 1.165) is 43.2 Å². The molecular formula is C12H20ClN3O. The van der Waals surface area contributed by atoms with Gasteiger partial charge in [-0.3, -0.25) is 4.68 Å². The van der Waals surface area contributed by atoms with Gasteiger partial charge in [0.1, 0.15) is 0 Å². The molecule has 2 rings (SSSR count). The van der Waals surface area contributed by atoms with Crippen LogP contribution in [0.25, 0.3) is 0 Å². The van der Waals surface area contributed by atoms with Crippen molar-refractivity contribution >= 4 is 11.6 Å². The number of ether oxygens (including phenoxy) is 1. The maximum absolute atomic E-state index is 5.98. The monoisotopic (exact) mass is 257 g/mol. The molecule has 1 N–H and O–H groups in total. The Morgan fingerprint density at radius 1 is 1.53 bits per heavy atom. The van der Waals surface area contributed by atoms with Crippen LogP contribution in [0.1, 0.15) is 25.5 Å². The summed E-state index contributed by atoms with van der Waals surface area (Å²) in [4.78, 5) is 0. The fraction of sp³-hybridized carbons (Fsp3) is 0.750. The fourth-order valence-electron chi connectivity index (χ4n) is 2.17. The number of rotatable bonds is 5. The molecule has 0 amide bonds. The highest BCUT2D eigenvalue weighted by atomic mass is 35.5. The van der Waals surface area contributed by atoms with Crippen LogP contribution in [0.15, 0.2) is 6.20 Å². The smallest absolute Gasteiger partial charge is 0.0814 e. The fourth-order valence-corrected chi connectivity index (χ4v) is 2.31. The highest BCUT2D eigenvalue weighted by molar-refractivity contribution is 6.31. The Labute approximate surface area is 107 Å². The van der Waals surface area contributed by atoms with Crippen LogP contribution in [0, 0.1) is 6.92 Å². The summed E-state index contributed by atoms with van der Waals surface area (Å²) in [6, 6.07) is 0. The van der Waals surface area contributed by atoms with Gasteiger partial charge < -0.3 is 10.1 Å². The van der Waals surface area contributed by atoms with Crippen LogP contribution in [0.3, 0.4) is 0 Å². The van der Waals surface area contributed by atoms with Gasteiger partial charge >= 0.3 is 0 Å². The molecule has 0 spiro atoms. The molecule has 1 aromatic rings. The average Bonchev–Trinajstić information content (AvgIpc) is 2.89. The highest BCUT2D eigenvalue weighted by Crippen LogP contribution is 2.22. The van der Waals surface area contributed by atoms with Gasteiger partial charge in [0, 0.05) is 6.54 Å². The molecule has 0 saturated carbocycles. The number of nitrogens with zero attached hydrogens (tertiary/aromatic N) is 2. The second-order valence-electron chi connectivity index (χ2n) is 4.53. The van der Waals surface area contributed by atoms with Crippen LogP contribution >= 0.6 is 11.6 Å². The Balaban J connectivity index is 1.83. The summed E-state index contributed by atoms with van der Waals surface area (Å²) in [6.07, 6.45) is 4.56. The number of aromatic nitrogens is 2. The second kappa shape index (κ2) is 5.85. The van der Waals surface area contributed by atoms with Crippen molar-refractivity contribution in [3.63, 3.8) is 0 Å². The second-order valence-corrected chi connectivity index (χ2v) is 4.93. The lowest BCUT2D eigenvalue weighted by atomic mass is 10.2. The Hall–Kier alpha value is -0.580. The molecule has 96 valence electrons. The van der Waals surface area contributed by atoms with E-state index < -0.39 is 0 Å². The van der Waals surface area contributed by atoms with Gasteiger partial charge in [0.25, 0.3) is 0 Å². The molecular weight excluding hydrogens is 238 g/mol. The molecule has 4 nitrogen and oxygen atoms in total. The molecule has 0 aliphatic carbocycles. The molecule has 2 heterocycles. The van der Waals surface area contributed by atoms with Gasteiger partial charge in [-0.1, -0.05) is 18.5 Å². The molecule has 0 aromatic carbocycles. The van der Waals surface area contributed by atoms with Gasteiger partial charge in [0.05, 0.1) is 35.7 Å². The van der Waals surface area contributed by atoms with Crippen LogP contribution in [0.4, 0.5) is 0 Å². The molecule has 1 aliphatic heterocycles. The summed E-state index contributed by atoms with van der Waals surface area (Å²) in [7, 11) is 0. The van der Waals surface area contributed by atoms with Crippen molar-refractivity contribution in [2.24, 2.45) is 0 Å². The van der Waals surface area contributed by atoms with Crippen LogP contribution in [0.2, 0.25) is 5.02 Å². The summed E-state index contributed by atoms with van der Waals surface area (Å²) in [5.74, 6) is 0. The third-order valence-electron chi connectivity index (χ3n) is 3.24. The number of nitrogens with one attached hydrogen (secondary N) is 1. The van der Waals surface area contributed by atoms with Gasteiger partial charge in [0.2, 0.25) is 0 Å². The Morgan fingerprint density at radius 3 is 2.94 bits per heavy atom. The lowest BCUT2D eigenvalue weighted by molar-refractivity contribution is 0.0341. The Bertz CT molecular complexity index is 367. The number of hydrogen-bond donors (Lipinski definition) is 1. The largest absolute Gasteiger partial charge is 0.372 e. The lowest BCUT2D eigenvalue weighted by Gasteiger charge is -2.14. The molecule has 2 unspecified atom stereocenters. The maximum atomic E-state index is 5.98. The van der Waals surface area contributed by atoms with Crippen molar-refractivity contribution in [1.82, 2.24) is 15.1 Å². The van der Waals surface area contributed by atoms with Crippen molar-refractivity contribution in [3.8, 4) is 0 Å². The maximum Gasteiger partial charge on any atom is 0.0814 e. The first-order chi connectivity index (χ1) is 8.20. The van der Waals surface area contributed by atoms with Gasteiger partial charge in [-0.15, -0.1) is 0 Å². The number of hydrogen-bond acceptors (Lipinski definition) is 3. The zero-order chi connectivity index (χ0) is 12.3. The minimum atomic E-state index is 0.272. The van der Waals surface area contributed by atoms with Crippen LogP contribution in [-0.4, -0.2) is 35.1 Å². The van der Waals surface area contributed by atoms with Crippen LogP contribution in [0.5, 0.6) is 0 Å². The average molecular weight is 258 g/mol. The van der Waals surface area contributed by atoms with Gasteiger partial charge in [-0.05, 0) is 26.3 Å². The van der Waals surface area contributed by atoms with E-state index in [-0.39, 0.29) is 6.10 Å². The van der Waals surface area contributed by atoms with Crippen molar-refractivity contribution < 1.29 is 4.74 Å². The molecule has 1 fully saturated rings. The molecule has 1 aromatic heterocycles. The SMILES string of the molecule is CCNCC1CCC(Cn2ncc(Cl)c2C)O1. The van der Waals surface area contributed by atoms with Crippen LogP contribution in [-0.2, 0) is 11.3 Å². The number of halogens is 1. The molecule has 0 bridgehead atoms. The zero-order valence-electron chi connectivity index (χ0n) is 10.4. The minimum Gasteiger partial charge on any atom is -0.372 e. The Kier molecular flexibility index (Phi) is 4.42. The third kappa shape index (κ3) is 3.21. The molecule has 1 aliphatic rings. The first kappa shape index (κ1) is 12.9. The molecule has 1 saturated heterocycles. The van der Waals surface area contributed by atoms with E-state index in [0.29, 0.717) is 6.10 Å². The van der Waals surface area contributed by atoms with E-state index in [1.165, 1.54) is 0 Å². The summed E-state index contributed by atoms with van der Waals surface area (Å²) in [5.41, 5.74) is 1.02. The summed E-state index contributed by atoms with van der Waals surface area (Å²) in [6.45, 7) is 6.85. The Morgan fingerprint density at radius 2 is 2.29 bits per heavy atom. The topological polar surface area (TPSA) is 39.1 Å². The minimum absolute atomic E-state index is 0.272. The van der Waals surface area contributed by atoms with Gasteiger partial charge in [-0.25, -0.2) is 0 Å². The van der Waals surface area contributed by atoms with E-state index in [9.17, 15) is 0 Å². The third-order valence-corrected chi connectivity index (χ3v) is 3.61. The predicted molar refractivity (Wildman–Crippen MR) is 68.4 cm³/mol. The molecule has 17 heavy (non-hydrogen) atoms. The lowest BCUT2D eigenvalue weighted by Crippen LogP contribution is -2.27. The van der Waals surface area contributed by atoms with E-state index in [4.69, 9.17) is 16.3 Å². The normalized spacial score (nSPS) is 24.4. The predicted octanol–water partition coefficient (Wildman–Crippen LogP) is 2.00.